The molecule has 168 valence electrons. The van der Waals surface area contributed by atoms with Gasteiger partial charge in [-0.3, -0.25) is 4.79 Å². The van der Waals surface area contributed by atoms with E-state index in [1.165, 1.54) is 12.1 Å². The molecule has 0 spiro atoms. The molecule has 1 amide bonds. The highest BCUT2D eigenvalue weighted by atomic mass is 16.3. The summed E-state index contributed by atoms with van der Waals surface area (Å²) in [6.45, 7) is 1.41. The number of aromatic nitrogens is 3. The molecule has 6 nitrogen and oxygen atoms in total. The minimum Gasteiger partial charge on any atom is -0.440 e. The topological polar surface area (TPSA) is 64.2 Å². The number of nitrogens with zero attached hydrogens (tertiary/aromatic N) is 4. The number of hydrogen-bond donors (Lipinski definition) is 0. The van der Waals surface area contributed by atoms with E-state index in [1.54, 1.807) is 0 Å². The number of likely N-dealkylation sites (tertiary alicyclic amines) is 1. The number of carbonyl (C=O) groups excluding carboxylic acids is 1. The molecule has 0 saturated carbocycles. The van der Waals surface area contributed by atoms with Gasteiger partial charge in [0, 0.05) is 30.3 Å². The molecule has 2 aliphatic rings. The maximum Gasteiger partial charge on any atom is 0.274 e. The second-order valence-electron chi connectivity index (χ2n) is 9.17. The first-order chi connectivity index (χ1) is 16.3. The Labute approximate surface area is 193 Å². The van der Waals surface area contributed by atoms with E-state index in [-0.39, 0.29) is 11.8 Å². The number of fused-ring (bicyclic) bond motifs is 2. The third-order valence-corrected chi connectivity index (χ3v) is 7.08. The van der Waals surface area contributed by atoms with E-state index in [0.29, 0.717) is 18.8 Å². The van der Waals surface area contributed by atoms with E-state index in [0.717, 1.165) is 66.8 Å². The van der Waals surface area contributed by atoms with Crippen molar-refractivity contribution in [2.24, 2.45) is 0 Å². The van der Waals surface area contributed by atoms with Crippen LogP contribution in [0, 0.1) is 0 Å². The van der Waals surface area contributed by atoms with Gasteiger partial charge in [0.1, 0.15) is 5.52 Å². The number of piperidine rings is 1. The molecular formula is C27H28N4O2. The van der Waals surface area contributed by atoms with Crippen LogP contribution in [0.25, 0.3) is 16.8 Å². The maximum atomic E-state index is 13.6. The van der Waals surface area contributed by atoms with Gasteiger partial charge >= 0.3 is 0 Å². The third kappa shape index (κ3) is 3.73. The molecule has 33 heavy (non-hydrogen) atoms. The van der Waals surface area contributed by atoms with Crippen LogP contribution < -0.4 is 0 Å². The van der Waals surface area contributed by atoms with E-state index >= 15 is 0 Å². The van der Waals surface area contributed by atoms with Crippen molar-refractivity contribution in [2.45, 2.75) is 50.9 Å². The zero-order chi connectivity index (χ0) is 22.2. The van der Waals surface area contributed by atoms with Crippen LogP contribution in [0.4, 0.5) is 0 Å². The maximum absolute atomic E-state index is 13.6. The lowest BCUT2D eigenvalue weighted by Gasteiger charge is -2.30. The van der Waals surface area contributed by atoms with Crippen LogP contribution >= 0.6 is 0 Å². The number of amides is 1. The lowest BCUT2D eigenvalue weighted by molar-refractivity contribution is 0.0699. The number of benzene rings is 2. The molecule has 6 heteroatoms. The molecule has 0 N–H and O–H groups in total. The van der Waals surface area contributed by atoms with Crippen LogP contribution in [-0.4, -0.2) is 38.7 Å². The van der Waals surface area contributed by atoms with Crippen molar-refractivity contribution >= 4 is 17.0 Å². The van der Waals surface area contributed by atoms with Crippen molar-refractivity contribution in [3.05, 3.63) is 77.4 Å². The van der Waals surface area contributed by atoms with Crippen LogP contribution in [0.2, 0.25) is 0 Å². The summed E-state index contributed by atoms with van der Waals surface area (Å²) in [5, 5.41) is 4.88. The molecule has 0 unspecified atom stereocenters. The summed E-state index contributed by atoms with van der Waals surface area (Å²) < 4.78 is 8.01. The second-order valence-corrected chi connectivity index (χ2v) is 9.17. The lowest BCUT2D eigenvalue weighted by Crippen LogP contribution is -2.38. The standard InChI is InChI=1S/C27H28N4O2/c32-27(30-17-15-19(16-18-30)26-28-22-12-7-8-14-24(22)33-26)25-21-11-5-2-6-13-23(21)31(29-25)20-9-3-1-4-10-20/h1,3-4,7-10,12,14,19H,2,5-6,11,13,15-18H2. The van der Waals surface area contributed by atoms with E-state index in [2.05, 4.69) is 17.1 Å². The largest absolute Gasteiger partial charge is 0.440 e. The van der Waals surface area contributed by atoms with Gasteiger partial charge in [-0.1, -0.05) is 36.8 Å². The van der Waals surface area contributed by atoms with Gasteiger partial charge in [0.15, 0.2) is 17.2 Å². The van der Waals surface area contributed by atoms with Gasteiger partial charge < -0.3 is 9.32 Å². The smallest absolute Gasteiger partial charge is 0.274 e. The van der Waals surface area contributed by atoms with Gasteiger partial charge in [-0.15, -0.1) is 0 Å². The number of para-hydroxylation sites is 3. The van der Waals surface area contributed by atoms with Crippen molar-refractivity contribution in [3.63, 3.8) is 0 Å². The predicted molar refractivity (Wildman–Crippen MR) is 127 cm³/mol. The Hall–Kier alpha value is -3.41. The predicted octanol–water partition coefficient (Wildman–Crippen LogP) is 5.30. The summed E-state index contributed by atoms with van der Waals surface area (Å²) in [5.41, 5.74) is 5.78. The average molecular weight is 441 g/mol. The zero-order valence-electron chi connectivity index (χ0n) is 18.7. The summed E-state index contributed by atoms with van der Waals surface area (Å²) in [5.74, 6) is 1.12. The lowest BCUT2D eigenvalue weighted by atomic mass is 9.96. The van der Waals surface area contributed by atoms with Gasteiger partial charge in [-0.05, 0) is 62.8 Å². The van der Waals surface area contributed by atoms with E-state index in [9.17, 15) is 4.79 Å². The summed E-state index contributed by atoms with van der Waals surface area (Å²) >= 11 is 0. The number of carbonyl (C=O) groups is 1. The summed E-state index contributed by atoms with van der Waals surface area (Å²) in [4.78, 5) is 20.3. The number of hydrogen-bond acceptors (Lipinski definition) is 4. The van der Waals surface area contributed by atoms with Crippen LogP contribution in [0.1, 0.15) is 65.7 Å². The summed E-state index contributed by atoms with van der Waals surface area (Å²) in [6, 6.07) is 18.1. The monoisotopic (exact) mass is 440 g/mol. The molecule has 6 rings (SSSR count). The van der Waals surface area contributed by atoms with Crippen LogP contribution in [0.15, 0.2) is 59.0 Å². The Kier molecular flexibility index (Phi) is 5.21. The number of oxazole rings is 1. The van der Waals surface area contributed by atoms with Gasteiger partial charge in [0.25, 0.3) is 5.91 Å². The van der Waals surface area contributed by atoms with Crippen LogP contribution in [-0.2, 0) is 12.8 Å². The fourth-order valence-electron chi connectivity index (χ4n) is 5.27. The van der Waals surface area contributed by atoms with Crippen LogP contribution in [0.5, 0.6) is 0 Å². The van der Waals surface area contributed by atoms with Crippen molar-refractivity contribution in [1.82, 2.24) is 19.7 Å². The Balaban J connectivity index is 1.24. The molecule has 1 aliphatic heterocycles. The fraction of sp³-hybridized carbons (Fsp3) is 0.370. The summed E-state index contributed by atoms with van der Waals surface area (Å²) in [7, 11) is 0. The van der Waals surface area contributed by atoms with E-state index in [1.807, 2.05) is 52.0 Å². The van der Waals surface area contributed by atoms with Crippen molar-refractivity contribution in [1.29, 1.82) is 0 Å². The molecule has 0 bridgehead atoms. The SMILES string of the molecule is O=C(c1nn(-c2ccccc2)c2c1CCCCC2)N1CCC(c2nc3ccccc3o2)CC1. The molecule has 2 aromatic heterocycles. The Morgan fingerprint density at radius 1 is 0.909 bits per heavy atom. The van der Waals surface area contributed by atoms with Crippen molar-refractivity contribution in [3.8, 4) is 5.69 Å². The quantitative estimate of drug-likeness (QED) is 0.406. The molecule has 1 saturated heterocycles. The number of rotatable bonds is 3. The Morgan fingerprint density at radius 2 is 1.67 bits per heavy atom. The van der Waals surface area contributed by atoms with Gasteiger partial charge in [0.05, 0.1) is 5.69 Å². The van der Waals surface area contributed by atoms with Gasteiger partial charge in [0.2, 0.25) is 0 Å². The van der Waals surface area contributed by atoms with E-state index in [4.69, 9.17) is 9.52 Å². The summed E-state index contributed by atoms with van der Waals surface area (Å²) in [6.07, 6.45) is 7.10. The first-order valence-corrected chi connectivity index (χ1v) is 12.1. The minimum absolute atomic E-state index is 0.0684. The first kappa shape index (κ1) is 20.2. The minimum atomic E-state index is 0.0684. The molecule has 1 aliphatic carbocycles. The molecule has 1 fully saturated rings. The Bertz CT molecular complexity index is 1250. The van der Waals surface area contributed by atoms with E-state index < -0.39 is 0 Å². The highest BCUT2D eigenvalue weighted by Crippen LogP contribution is 2.32. The zero-order valence-corrected chi connectivity index (χ0v) is 18.7. The highest BCUT2D eigenvalue weighted by Gasteiger charge is 2.31. The van der Waals surface area contributed by atoms with Crippen LogP contribution in [0.3, 0.4) is 0 Å². The molecule has 4 aromatic rings. The fourth-order valence-corrected chi connectivity index (χ4v) is 5.27. The third-order valence-electron chi connectivity index (χ3n) is 7.08. The molecular weight excluding hydrogens is 412 g/mol. The molecule has 2 aromatic carbocycles. The first-order valence-electron chi connectivity index (χ1n) is 12.1. The Morgan fingerprint density at radius 3 is 2.48 bits per heavy atom. The molecule has 0 atom stereocenters. The highest BCUT2D eigenvalue weighted by molar-refractivity contribution is 5.94. The second kappa shape index (κ2) is 8.50. The normalized spacial score (nSPS) is 17.2. The molecule has 0 radical (unpaired) electrons. The average Bonchev–Trinajstić information content (AvgIpc) is 3.38. The van der Waals surface area contributed by atoms with Gasteiger partial charge in [-0.25, -0.2) is 9.67 Å². The van der Waals surface area contributed by atoms with Crippen molar-refractivity contribution in [2.75, 3.05) is 13.1 Å². The van der Waals surface area contributed by atoms with Gasteiger partial charge in [-0.2, -0.15) is 5.10 Å². The molecule has 3 heterocycles. The van der Waals surface area contributed by atoms with Crippen molar-refractivity contribution < 1.29 is 9.21 Å².